The molecule has 1 saturated heterocycles. The molecule has 0 aliphatic carbocycles. The van der Waals surface area contributed by atoms with E-state index in [1.165, 1.54) is 0 Å². The average Bonchev–Trinajstić information content (AvgIpc) is 2.43. The Balaban J connectivity index is 2.33. The molecule has 1 N–H and O–H groups in total. The molecule has 0 bridgehead atoms. The molecule has 1 aliphatic rings. The second-order valence-corrected chi connectivity index (χ2v) is 6.81. The summed E-state index contributed by atoms with van der Waals surface area (Å²) in [4.78, 5) is 43.9. The van der Waals surface area contributed by atoms with Gasteiger partial charge in [-0.1, -0.05) is 6.92 Å². The molecule has 1 unspecified atom stereocenters. The van der Waals surface area contributed by atoms with Crippen LogP contribution in [0.3, 0.4) is 0 Å². The van der Waals surface area contributed by atoms with Gasteiger partial charge in [-0.2, -0.15) is 0 Å². The van der Waals surface area contributed by atoms with Crippen molar-refractivity contribution in [3.05, 3.63) is 0 Å². The van der Waals surface area contributed by atoms with Crippen LogP contribution in [0.2, 0.25) is 0 Å². The summed E-state index contributed by atoms with van der Waals surface area (Å²) in [6.45, 7) is 9.66. The van der Waals surface area contributed by atoms with Crippen molar-refractivity contribution in [1.29, 1.82) is 0 Å². The zero-order valence-corrected chi connectivity index (χ0v) is 14.5. The summed E-state index contributed by atoms with van der Waals surface area (Å²) in [5, 5.41) is 0. The van der Waals surface area contributed by atoms with Crippen molar-refractivity contribution in [3.63, 3.8) is 0 Å². The molecule has 8 nitrogen and oxygen atoms in total. The van der Waals surface area contributed by atoms with E-state index >= 15 is 0 Å². The van der Waals surface area contributed by atoms with Crippen LogP contribution in [0.4, 0.5) is 4.79 Å². The van der Waals surface area contributed by atoms with Crippen LogP contribution in [0, 0.1) is 5.92 Å². The Labute approximate surface area is 137 Å². The highest BCUT2D eigenvalue weighted by atomic mass is 16.7. The summed E-state index contributed by atoms with van der Waals surface area (Å²) in [7, 11) is 2.00. The van der Waals surface area contributed by atoms with E-state index < -0.39 is 23.6 Å². The molecule has 8 heteroatoms. The number of carbonyl (C=O) groups excluding carboxylic acids is 3. The van der Waals surface area contributed by atoms with Crippen LogP contribution in [0.25, 0.3) is 0 Å². The van der Waals surface area contributed by atoms with E-state index in [9.17, 15) is 14.4 Å². The maximum atomic E-state index is 12.1. The number of rotatable bonds is 3. The van der Waals surface area contributed by atoms with Gasteiger partial charge in [0.2, 0.25) is 5.91 Å². The van der Waals surface area contributed by atoms with Gasteiger partial charge in [-0.05, 0) is 27.8 Å². The predicted octanol–water partition coefficient (Wildman–Crippen LogP) is 0.770. The first-order valence-electron chi connectivity index (χ1n) is 7.74. The minimum Gasteiger partial charge on any atom is -0.442 e. The highest BCUT2D eigenvalue weighted by molar-refractivity contribution is 5.83. The van der Waals surface area contributed by atoms with E-state index in [2.05, 4.69) is 9.74 Å². The summed E-state index contributed by atoms with van der Waals surface area (Å²) in [5.74, 6) is -1.39. The molecule has 23 heavy (non-hydrogen) atoms. The second-order valence-electron chi connectivity index (χ2n) is 6.81. The summed E-state index contributed by atoms with van der Waals surface area (Å²) in [6.07, 6.45) is -0.790. The number of amides is 2. The van der Waals surface area contributed by atoms with Gasteiger partial charge in [0, 0.05) is 32.6 Å². The molecule has 0 radical (unpaired) electrons. The van der Waals surface area contributed by atoms with Crippen LogP contribution in [-0.4, -0.2) is 66.6 Å². The highest BCUT2D eigenvalue weighted by Gasteiger charge is 2.25. The minimum absolute atomic E-state index is 0.0541. The molecule has 0 spiro atoms. The summed E-state index contributed by atoms with van der Waals surface area (Å²) in [6, 6.07) is 0. The van der Waals surface area contributed by atoms with Crippen molar-refractivity contribution in [2.24, 2.45) is 5.92 Å². The Hall–Kier alpha value is -1.83. The van der Waals surface area contributed by atoms with Gasteiger partial charge < -0.3 is 19.4 Å². The molecule has 1 aliphatic heterocycles. The standard InChI is InChI=1S/C15H27N3O5/c1-11(10-12(19)18-8-6-17(5)7-9-18)13(20)23-16-14(21)22-15(2,3)4/h11H,6-10H2,1-5H3,(H,16,21). The van der Waals surface area contributed by atoms with Crippen LogP contribution in [0.15, 0.2) is 0 Å². The van der Waals surface area contributed by atoms with Crippen LogP contribution < -0.4 is 5.48 Å². The maximum absolute atomic E-state index is 12.1. The maximum Gasteiger partial charge on any atom is 0.441 e. The van der Waals surface area contributed by atoms with Crippen LogP contribution in [0.5, 0.6) is 0 Å². The molecule has 0 aromatic carbocycles. The number of nitrogens with zero attached hydrogens (tertiary/aromatic N) is 2. The Morgan fingerprint density at radius 3 is 2.22 bits per heavy atom. The van der Waals surface area contributed by atoms with E-state index in [1.807, 2.05) is 12.5 Å². The lowest BCUT2D eigenvalue weighted by atomic mass is 10.1. The van der Waals surface area contributed by atoms with E-state index in [4.69, 9.17) is 4.74 Å². The Morgan fingerprint density at radius 2 is 1.70 bits per heavy atom. The third-order valence-electron chi connectivity index (χ3n) is 3.37. The summed E-state index contributed by atoms with van der Waals surface area (Å²) < 4.78 is 4.95. The van der Waals surface area contributed by atoms with Gasteiger partial charge in [0.05, 0.1) is 5.92 Å². The lowest BCUT2D eigenvalue weighted by Gasteiger charge is -2.32. The number of carbonyl (C=O) groups is 3. The first-order valence-corrected chi connectivity index (χ1v) is 7.74. The van der Waals surface area contributed by atoms with Crippen molar-refractivity contribution in [2.45, 2.75) is 39.7 Å². The molecule has 132 valence electrons. The third kappa shape index (κ3) is 7.32. The van der Waals surface area contributed by atoms with E-state index in [1.54, 1.807) is 32.6 Å². The summed E-state index contributed by atoms with van der Waals surface area (Å²) in [5.41, 5.74) is 1.26. The quantitative estimate of drug-likeness (QED) is 0.770. The minimum atomic E-state index is -0.844. The SMILES string of the molecule is CC(CC(=O)N1CCN(C)CC1)C(=O)ONC(=O)OC(C)(C)C. The molecule has 2 amide bonds. The molecular formula is C15H27N3O5. The molecule has 0 aromatic rings. The first-order chi connectivity index (χ1) is 10.6. The van der Waals surface area contributed by atoms with Gasteiger partial charge in [-0.15, -0.1) is 5.48 Å². The second kappa shape index (κ2) is 8.14. The topological polar surface area (TPSA) is 88.2 Å². The normalized spacial score (nSPS) is 17.3. The van der Waals surface area contributed by atoms with Gasteiger partial charge in [-0.3, -0.25) is 4.79 Å². The number of hydrogen-bond acceptors (Lipinski definition) is 6. The largest absolute Gasteiger partial charge is 0.442 e. The van der Waals surface area contributed by atoms with Crippen LogP contribution in [-0.2, 0) is 19.2 Å². The van der Waals surface area contributed by atoms with Crippen LogP contribution in [0.1, 0.15) is 34.1 Å². The van der Waals surface area contributed by atoms with Crippen LogP contribution >= 0.6 is 0 Å². The van der Waals surface area contributed by atoms with E-state index in [0.29, 0.717) is 13.1 Å². The lowest BCUT2D eigenvalue weighted by molar-refractivity contribution is -0.157. The van der Waals surface area contributed by atoms with E-state index in [-0.39, 0.29) is 12.3 Å². The van der Waals surface area contributed by atoms with E-state index in [0.717, 1.165) is 13.1 Å². The molecule has 1 heterocycles. The molecule has 1 fully saturated rings. The van der Waals surface area contributed by atoms with Gasteiger partial charge in [0.15, 0.2) is 0 Å². The van der Waals surface area contributed by atoms with Gasteiger partial charge in [0.1, 0.15) is 5.60 Å². The number of piperazine rings is 1. The van der Waals surface area contributed by atoms with Crippen molar-refractivity contribution in [3.8, 4) is 0 Å². The molecule has 0 saturated carbocycles. The summed E-state index contributed by atoms with van der Waals surface area (Å²) >= 11 is 0. The fourth-order valence-electron chi connectivity index (χ4n) is 2.02. The zero-order valence-electron chi connectivity index (χ0n) is 14.5. The zero-order chi connectivity index (χ0) is 17.6. The molecule has 0 aromatic heterocycles. The highest BCUT2D eigenvalue weighted by Crippen LogP contribution is 2.10. The Kier molecular flexibility index (Phi) is 6.80. The fraction of sp³-hybridized carbons (Fsp3) is 0.800. The van der Waals surface area contributed by atoms with Crippen molar-refractivity contribution in [1.82, 2.24) is 15.3 Å². The van der Waals surface area contributed by atoms with Crippen molar-refractivity contribution < 1.29 is 24.0 Å². The molecular weight excluding hydrogens is 302 g/mol. The number of ether oxygens (including phenoxy) is 1. The predicted molar refractivity (Wildman–Crippen MR) is 83.3 cm³/mol. The van der Waals surface area contributed by atoms with Gasteiger partial charge in [0.25, 0.3) is 0 Å². The third-order valence-corrected chi connectivity index (χ3v) is 3.37. The number of hydroxylamine groups is 1. The van der Waals surface area contributed by atoms with Crippen molar-refractivity contribution in [2.75, 3.05) is 33.2 Å². The number of nitrogens with one attached hydrogen (secondary N) is 1. The van der Waals surface area contributed by atoms with Gasteiger partial charge in [-0.25, -0.2) is 9.59 Å². The fourth-order valence-corrected chi connectivity index (χ4v) is 2.02. The molecule has 1 atom stereocenters. The Morgan fingerprint density at radius 1 is 1.13 bits per heavy atom. The average molecular weight is 329 g/mol. The number of likely N-dealkylation sites (N-methyl/N-ethyl adjacent to an activating group) is 1. The lowest BCUT2D eigenvalue weighted by Crippen LogP contribution is -2.47. The van der Waals surface area contributed by atoms with Gasteiger partial charge >= 0.3 is 12.1 Å². The first kappa shape index (κ1) is 19.2. The number of hydrogen-bond donors (Lipinski definition) is 1. The van der Waals surface area contributed by atoms with Crippen molar-refractivity contribution >= 4 is 18.0 Å². The Bertz CT molecular complexity index is 439. The smallest absolute Gasteiger partial charge is 0.441 e. The molecule has 1 rings (SSSR count). The monoisotopic (exact) mass is 329 g/mol.